The predicted molar refractivity (Wildman–Crippen MR) is 108 cm³/mol. The van der Waals surface area contributed by atoms with Gasteiger partial charge in [0.25, 0.3) is 0 Å². The average molecular weight is 371 g/mol. The molecule has 1 aliphatic carbocycles. The minimum atomic E-state index is -0.589. The van der Waals surface area contributed by atoms with Gasteiger partial charge in [0.15, 0.2) is 5.82 Å². The molecule has 1 aliphatic heterocycles. The fourth-order valence-corrected chi connectivity index (χ4v) is 3.52. The van der Waals surface area contributed by atoms with E-state index in [1.165, 1.54) is 11.1 Å². The number of aliphatic hydroxyl groups is 1. The van der Waals surface area contributed by atoms with Crippen LogP contribution in [-0.2, 0) is 6.54 Å². The Bertz CT molecular complexity index is 1050. The van der Waals surface area contributed by atoms with Crippen LogP contribution >= 0.6 is 0 Å². The van der Waals surface area contributed by atoms with Crippen LogP contribution in [0.15, 0.2) is 73.5 Å². The second kappa shape index (κ2) is 6.73. The highest BCUT2D eigenvalue weighted by atomic mass is 16.3. The molecule has 1 fully saturated rings. The van der Waals surface area contributed by atoms with Gasteiger partial charge in [-0.3, -0.25) is 4.98 Å². The molecule has 6 nitrogen and oxygen atoms in total. The van der Waals surface area contributed by atoms with Crippen molar-refractivity contribution in [1.29, 1.82) is 0 Å². The van der Waals surface area contributed by atoms with Crippen molar-refractivity contribution in [1.82, 2.24) is 19.7 Å². The average Bonchev–Trinajstić information content (AvgIpc) is 3.30. The van der Waals surface area contributed by atoms with Gasteiger partial charge < -0.3 is 14.6 Å². The number of benzene rings is 1. The number of hydrogen-bond donors (Lipinski definition) is 1. The SMILES string of the molecule is OC1(Cn2cnnc2-c2cccc(N3C=CC=C(c4ccncc4)C3)c2)CC1. The summed E-state index contributed by atoms with van der Waals surface area (Å²) >= 11 is 0. The molecule has 0 spiro atoms. The minimum absolute atomic E-state index is 0.540. The van der Waals surface area contributed by atoms with Crippen molar-refractivity contribution in [2.24, 2.45) is 0 Å². The summed E-state index contributed by atoms with van der Waals surface area (Å²) in [5, 5.41) is 18.6. The Hall–Kier alpha value is -3.25. The molecule has 28 heavy (non-hydrogen) atoms. The zero-order chi connectivity index (χ0) is 19.0. The molecule has 0 bridgehead atoms. The molecule has 0 atom stereocenters. The molecule has 0 saturated heterocycles. The van der Waals surface area contributed by atoms with Crippen LogP contribution in [0.3, 0.4) is 0 Å². The maximum absolute atomic E-state index is 10.3. The molecule has 2 aliphatic rings. The molecular weight excluding hydrogens is 350 g/mol. The van der Waals surface area contributed by atoms with Crippen LogP contribution in [0.5, 0.6) is 0 Å². The fraction of sp³-hybridized carbons (Fsp3) is 0.227. The van der Waals surface area contributed by atoms with E-state index in [-0.39, 0.29) is 0 Å². The van der Waals surface area contributed by atoms with E-state index in [0.29, 0.717) is 6.54 Å². The first-order valence-electron chi connectivity index (χ1n) is 9.45. The standard InChI is InChI=1S/C22H21N5O/c28-22(8-9-22)15-27-16-24-25-21(27)18-3-1-5-20(13-18)26-12-2-4-19(14-26)17-6-10-23-11-7-17/h1-7,10-13,16,28H,8-9,14-15H2. The number of allylic oxidation sites excluding steroid dienone is 2. The van der Waals surface area contributed by atoms with Crippen LogP contribution in [0, 0.1) is 0 Å². The summed E-state index contributed by atoms with van der Waals surface area (Å²) in [5.74, 6) is 0.785. The van der Waals surface area contributed by atoms with Gasteiger partial charge in [0.05, 0.1) is 12.1 Å². The molecule has 1 N–H and O–H groups in total. The fourth-order valence-electron chi connectivity index (χ4n) is 3.52. The van der Waals surface area contributed by atoms with Crippen LogP contribution in [-0.4, -0.2) is 37.0 Å². The second-order valence-electron chi connectivity index (χ2n) is 7.45. The van der Waals surface area contributed by atoms with Gasteiger partial charge in [-0.2, -0.15) is 0 Å². The smallest absolute Gasteiger partial charge is 0.163 e. The van der Waals surface area contributed by atoms with E-state index in [4.69, 9.17) is 0 Å². The quantitative estimate of drug-likeness (QED) is 0.745. The Labute approximate surface area is 163 Å². The van der Waals surface area contributed by atoms with Crippen LogP contribution < -0.4 is 4.90 Å². The number of hydrogen-bond acceptors (Lipinski definition) is 5. The van der Waals surface area contributed by atoms with E-state index in [2.05, 4.69) is 50.6 Å². The Balaban J connectivity index is 1.40. The zero-order valence-corrected chi connectivity index (χ0v) is 15.4. The van der Waals surface area contributed by atoms with Gasteiger partial charge in [0.2, 0.25) is 0 Å². The lowest BCUT2D eigenvalue weighted by atomic mass is 10.0. The highest BCUT2D eigenvalue weighted by molar-refractivity contribution is 5.75. The van der Waals surface area contributed by atoms with E-state index in [0.717, 1.165) is 36.5 Å². The van der Waals surface area contributed by atoms with Gasteiger partial charge in [-0.05, 0) is 54.3 Å². The summed E-state index contributed by atoms with van der Waals surface area (Å²) in [6, 6.07) is 12.4. The maximum Gasteiger partial charge on any atom is 0.163 e. The Morgan fingerprint density at radius 1 is 1.07 bits per heavy atom. The Kier molecular flexibility index (Phi) is 4.06. The van der Waals surface area contributed by atoms with Crippen LogP contribution in [0.2, 0.25) is 0 Å². The van der Waals surface area contributed by atoms with Crippen molar-refractivity contribution in [3.05, 3.63) is 79.0 Å². The van der Waals surface area contributed by atoms with Gasteiger partial charge in [-0.1, -0.05) is 18.2 Å². The molecule has 0 amide bonds. The van der Waals surface area contributed by atoms with E-state index in [1.54, 1.807) is 6.33 Å². The third-order valence-corrected chi connectivity index (χ3v) is 5.30. The number of rotatable bonds is 5. The first-order chi connectivity index (χ1) is 13.7. The summed E-state index contributed by atoms with van der Waals surface area (Å²) in [6.07, 6.45) is 13.3. The van der Waals surface area contributed by atoms with E-state index in [9.17, 15) is 5.11 Å². The monoisotopic (exact) mass is 371 g/mol. The molecule has 6 heteroatoms. The van der Waals surface area contributed by atoms with Crippen molar-refractivity contribution in [2.45, 2.75) is 25.0 Å². The second-order valence-corrected chi connectivity index (χ2v) is 7.45. The first-order valence-corrected chi connectivity index (χ1v) is 9.45. The van der Waals surface area contributed by atoms with Crippen LogP contribution in [0.25, 0.3) is 17.0 Å². The van der Waals surface area contributed by atoms with Crippen molar-refractivity contribution in [3.8, 4) is 11.4 Å². The lowest BCUT2D eigenvalue weighted by Crippen LogP contribution is -2.21. The van der Waals surface area contributed by atoms with Gasteiger partial charge in [0, 0.05) is 36.4 Å². The highest BCUT2D eigenvalue weighted by Crippen LogP contribution is 2.37. The normalized spacial score (nSPS) is 17.5. The topological polar surface area (TPSA) is 67.1 Å². The molecule has 1 aromatic carbocycles. The van der Waals surface area contributed by atoms with Gasteiger partial charge in [0.1, 0.15) is 6.33 Å². The third kappa shape index (κ3) is 3.34. The lowest BCUT2D eigenvalue weighted by molar-refractivity contribution is 0.130. The maximum atomic E-state index is 10.3. The zero-order valence-electron chi connectivity index (χ0n) is 15.4. The van der Waals surface area contributed by atoms with Crippen molar-refractivity contribution in [2.75, 3.05) is 11.4 Å². The number of anilines is 1. The van der Waals surface area contributed by atoms with Crippen molar-refractivity contribution < 1.29 is 5.11 Å². The molecule has 2 aromatic heterocycles. The summed E-state index contributed by atoms with van der Waals surface area (Å²) in [7, 11) is 0. The van der Waals surface area contributed by atoms with Gasteiger partial charge in [-0.25, -0.2) is 0 Å². The molecule has 1 saturated carbocycles. The summed E-state index contributed by atoms with van der Waals surface area (Å²) < 4.78 is 1.94. The van der Waals surface area contributed by atoms with Gasteiger partial charge >= 0.3 is 0 Å². The van der Waals surface area contributed by atoms with Crippen molar-refractivity contribution >= 4 is 11.3 Å². The molecule has 0 radical (unpaired) electrons. The third-order valence-electron chi connectivity index (χ3n) is 5.30. The Morgan fingerprint density at radius 2 is 1.93 bits per heavy atom. The molecule has 3 aromatic rings. The molecule has 3 heterocycles. The molecule has 0 unspecified atom stereocenters. The number of aromatic nitrogens is 4. The minimum Gasteiger partial charge on any atom is -0.388 e. The van der Waals surface area contributed by atoms with Crippen molar-refractivity contribution in [3.63, 3.8) is 0 Å². The van der Waals surface area contributed by atoms with Crippen LogP contribution in [0.4, 0.5) is 5.69 Å². The lowest BCUT2D eigenvalue weighted by Gasteiger charge is -2.25. The summed E-state index contributed by atoms with van der Waals surface area (Å²) in [6.45, 7) is 1.33. The van der Waals surface area contributed by atoms with E-state index in [1.807, 2.05) is 41.2 Å². The Morgan fingerprint density at radius 3 is 2.75 bits per heavy atom. The highest BCUT2D eigenvalue weighted by Gasteiger charge is 2.41. The number of nitrogens with zero attached hydrogens (tertiary/aromatic N) is 5. The van der Waals surface area contributed by atoms with Gasteiger partial charge in [-0.15, -0.1) is 10.2 Å². The largest absolute Gasteiger partial charge is 0.388 e. The van der Waals surface area contributed by atoms with E-state index < -0.39 is 5.60 Å². The molecule has 5 rings (SSSR count). The molecule has 140 valence electrons. The van der Waals surface area contributed by atoms with E-state index >= 15 is 0 Å². The summed E-state index contributed by atoms with van der Waals surface area (Å²) in [4.78, 5) is 6.32. The van der Waals surface area contributed by atoms with Crippen LogP contribution in [0.1, 0.15) is 18.4 Å². The summed E-state index contributed by atoms with van der Waals surface area (Å²) in [5.41, 5.74) is 3.92. The molecular formula is C22H21N5O. The number of pyridine rings is 1. The first kappa shape index (κ1) is 16.9. The predicted octanol–water partition coefficient (Wildman–Crippen LogP) is 3.28.